The first kappa shape index (κ1) is 14.1. The highest BCUT2D eigenvalue weighted by Gasteiger charge is 2.28. The second kappa shape index (κ2) is 7.34. The summed E-state index contributed by atoms with van der Waals surface area (Å²) in [6.45, 7) is 2.05. The number of carbonyl (C=O) groups is 1. The zero-order valence-corrected chi connectivity index (χ0v) is 11.8. The standard InChI is InChI=1S/C14H24ClNO2/c15-10-13-11-16(8-9-18-13)14(17)12-6-4-2-1-3-5-7-12/h12-13H,1-11H2. The molecule has 1 heterocycles. The van der Waals surface area contributed by atoms with Crippen LogP contribution in [-0.4, -0.2) is 42.5 Å². The van der Waals surface area contributed by atoms with Crippen molar-refractivity contribution in [1.29, 1.82) is 0 Å². The second-order valence-corrected chi connectivity index (χ2v) is 5.78. The van der Waals surface area contributed by atoms with Crippen molar-refractivity contribution in [2.24, 2.45) is 5.92 Å². The van der Waals surface area contributed by atoms with Gasteiger partial charge in [-0.25, -0.2) is 0 Å². The van der Waals surface area contributed by atoms with Crippen molar-refractivity contribution in [3.05, 3.63) is 0 Å². The summed E-state index contributed by atoms with van der Waals surface area (Å²) in [4.78, 5) is 14.5. The number of hydrogen-bond donors (Lipinski definition) is 0. The molecule has 1 atom stereocenters. The SMILES string of the molecule is O=C(C1CCCCCCC1)N1CCOC(CCl)C1. The van der Waals surface area contributed by atoms with Crippen LogP contribution in [0.25, 0.3) is 0 Å². The molecule has 2 rings (SSSR count). The van der Waals surface area contributed by atoms with Crippen LogP contribution in [0.2, 0.25) is 0 Å². The maximum Gasteiger partial charge on any atom is 0.225 e. The number of ether oxygens (including phenoxy) is 1. The lowest BCUT2D eigenvalue weighted by Gasteiger charge is -2.34. The summed E-state index contributed by atoms with van der Waals surface area (Å²) in [7, 11) is 0. The Kier molecular flexibility index (Phi) is 5.77. The van der Waals surface area contributed by atoms with Crippen LogP contribution in [0.4, 0.5) is 0 Å². The minimum absolute atomic E-state index is 0.0259. The highest BCUT2D eigenvalue weighted by atomic mass is 35.5. The molecular weight excluding hydrogens is 250 g/mol. The molecule has 0 aromatic rings. The first-order chi connectivity index (χ1) is 8.81. The van der Waals surface area contributed by atoms with E-state index in [2.05, 4.69) is 0 Å². The molecule has 0 bridgehead atoms. The molecule has 0 spiro atoms. The number of amides is 1. The lowest BCUT2D eigenvalue weighted by Crippen LogP contribution is -2.48. The largest absolute Gasteiger partial charge is 0.373 e. The summed E-state index contributed by atoms with van der Waals surface area (Å²) in [6, 6.07) is 0. The second-order valence-electron chi connectivity index (χ2n) is 5.47. The highest BCUT2D eigenvalue weighted by molar-refractivity contribution is 6.18. The lowest BCUT2D eigenvalue weighted by molar-refractivity contribution is -0.143. The molecule has 1 amide bonds. The average Bonchev–Trinajstić information content (AvgIpc) is 2.38. The van der Waals surface area contributed by atoms with Crippen LogP contribution < -0.4 is 0 Å². The van der Waals surface area contributed by atoms with E-state index in [1.54, 1.807) is 0 Å². The zero-order valence-electron chi connectivity index (χ0n) is 11.1. The third kappa shape index (κ3) is 3.86. The smallest absolute Gasteiger partial charge is 0.225 e. The number of morpholine rings is 1. The normalized spacial score (nSPS) is 27.6. The molecule has 1 aliphatic heterocycles. The molecule has 0 aromatic heterocycles. The van der Waals surface area contributed by atoms with Crippen molar-refractivity contribution in [3.63, 3.8) is 0 Å². The topological polar surface area (TPSA) is 29.5 Å². The first-order valence-corrected chi connectivity index (χ1v) is 7.81. The van der Waals surface area contributed by atoms with E-state index in [1.807, 2.05) is 4.90 Å². The Bertz CT molecular complexity index is 261. The van der Waals surface area contributed by atoms with Crippen LogP contribution in [0.3, 0.4) is 0 Å². The lowest BCUT2D eigenvalue weighted by atomic mass is 9.90. The van der Waals surface area contributed by atoms with Gasteiger partial charge in [-0.2, -0.15) is 0 Å². The third-order valence-electron chi connectivity index (χ3n) is 4.08. The van der Waals surface area contributed by atoms with Crippen molar-refractivity contribution in [3.8, 4) is 0 Å². The van der Waals surface area contributed by atoms with Crippen LogP contribution in [0, 0.1) is 5.92 Å². The Morgan fingerprint density at radius 1 is 1.17 bits per heavy atom. The van der Waals surface area contributed by atoms with Gasteiger partial charge in [0, 0.05) is 19.0 Å². The van der Waals surface area contributed by atoms with Gasteiger partial charge in [0.05, 0.1) is 18.6 Å². The molecule has 1 unspecified atom stereocenters. The fraction of sp³-hybridized carbons (Fsp3) is 0.929. The van der Waals surface area contributed by atoms with Gasteiger partial charge in [0.15, 0.2) is 0 Å². The van der Waals surface area contributed by atoms with Crippen LogP contribution in [0.1, 0.15) is 44.9 Å². The molecular formula is C14H24ClNO2. The number of alkyl halides is 1. The zero-order chi connectivity index (χ0) is 12.8. The molecule has 0 radical (unpaired) electrons. The van der Waals surface area contributed by atoms with Gasteiger partial charge >= 0.3 is 0 Å². The van der Waals surface area contributed by atoms with Crippen molar-refractivity contribution in [2.75, 3.05) is 25.6 Å². The average molecular weight is 274 g/mol. The van der Waals surface area contributed by atoms with Gasteiger partial charge in [-0.05, 0) is 12.8 Å². The number of rotatable bonds is 2. The predicted molar refractivity (Wildman–Crippen MR) is 72.8 cm³/mol. The quantitative estimate of drug-likeness (QED) is 0.724. The molecule has 0 aromatic carbocycles. The third-order valence-corrected chi connectivity index (χ3v) is 4.42. The molecule has 1 aliphatic carbocycles. The Labute approximate surface area is 115 Å². The van der Waals surface area contributed by atoms with Crippen LogP contribution >= 0.6 is 11.6 Å². The van der Waals surface area contributed by atoms with E-state index in [0.717, 1.165) is 19.4 Å². The van der Waals surface area contributed by atoms with Crippen molar-refractivity contribution in [2.45, 2.75) is 51.0 Å². The number of halogens is 1. The van der Waals surface area contributed by atoms with Gasteiger partial charge in [0.1, 0.15) is 0 Å². The summed E-state index contributed by atoms with van der Waals surface area (Å²) in [5.74, 6) is 1.07. The Morgan fingerprint density at radius 2 is 1.83 bits per heavy atom. The van der Waals surface area contributed by atoms with Gasteiger partial charge in [0.2, 0.25) is 5.91 Å². The Morgan fingerprint density at radius 3 is 2.50 bits per heavy atom. The van der Waals surface area contributed by atoms with E-state index in [1.165, 1.54) is 32.1 Å². The van der Waals surface area contributed by atoms with Gasteiger partial charge in [-0.3, -0.25) is 4.79 Å². The van der Waals surface area contributed by atoms with E-state index < -0.39 is 0 Å². The summed E-state index contributed by atoms with van der Waals surface area (Å²) >= 11 is 5.82. The molecule has 18 heavy (non-hydrogen) atoms. The fourth-order valence-electron chi connectivity index (χ4n) is 2.97. The summed E-state index contributed by atoms with van der Waals surface area (Å²) in [6.07, 6.45) is 8.50. The number of carbonyl (C=O) groups excluding carboxylic acids is 1. The van der Waals surface area contributed by atoms with Crippen LogP contribution in [0.15, 0.2) is 0 Å². The Balaban J connectivity index is 1.87. The van der Waals surface area contributed by atoms with E-state index in [0.29, 0.717) is 24.9 Å². The van der Waals surface area contributed by atoms with Gasteiger partial charge in [-0.1, -0.05) is 32.1 Å². The highest BCUT2D eigenvalue weighted by Crippen LogP contribution is 2.24. The summed E-state index contributed by atoms with van der Waals surface area (Å²) < 4.78 is 5.51. The monoisotopic (exact) mass is 273 g/mol. The molecule has 1 saturated heterocycles. The predicted octanol–water partition coefficient (Wildman–Crippen LogP) is 2.81. The van der Waals surface area contributed by atoms with E-state index in [4.69, 9.17) is 16.3 Å². The number of nitrogens with zero attached hydrogens (tertiary/aromatic N) is 1. The molecule has 2 aliphatic rings. The molecule has 2 fully saturated rings. The minimum Gasteiger partial charge on any atom is -0.373 e. The maximum atomic E-state index is 12.5. The Hall–Kier alpha value is -0.280. The molecule has 1 saturated carbocycles. The van der Waals surface area contributed by atoms with E-state index in [9.17, 15) is 4.79 Å². The van der Waals surface area contributed by atoms with Crippen molar-refractivity contribution >= 4 is 17.5 Å². The maximum absolute atomic E-state index is 12.5. The number of hydrogen-bond acceptors (Lipinski definition) is 2. The molecule has 4 heteroatoms. The minimum atomic E-state index is 0.0259. The molecule has 3 nitrogen and oxygen atoms in total. The van der Waals surface area contributed by atoms with Crippen LogP contribution in [0.5, 0.6) is 0 Å². The van der Waals surface area contributed by atoms with Gasteiger partial charge < -0.3 is 9.64 Å². The summed E-state index contributed by atoms with van der Waals surface area (Å²) in [5, 5.41) is 0. The van der Waals surface area contributed by atoms with Crippen molar-refractivity contribution < 1.29 is 9.53 Å². The van der Waals surface area contributed by atoms with Gasteiger partial charge in [-0.15, -0.1) is 11.6 Å². The van der Waals surface area contributed by atoms with E-state index >= 15 is 0 Å². The van der Waals surface area contributed by atoms with Gasteiger partial charge in [0.25, 0.3) is 0 Å². The fourth-order valence-corrected chi connectivity index (χ4v) is 3.16. The van der Waals surface area contributed by atoms with E-state index in [-0.39, 0.29) is 12.0 Å². The van der Waals surface area contributed by atoms with Crippen LogP contribution in [-0.2, 0) is 9.53 Å². The molecule has 0 N–H and O–H groups in total. The van der Waals surface area contributed by atoms with Crippen molar-refractivity contribution in [1.82, 2.24) is 4.90 Å². The summed E-state index contributed by atoms with van der Waals surface area (Å²) in [5.41, 5.74) is 0. The molecule has 104 valence electrons. The first-order valence-electron chi connectivity index (χ1n) is 7.27.